The smallest absolute Gasteiger partial charge is 0.104 e. The average Bonchev–Trinajstić information content (AvgIpc) is 2.89. The molecule has 0 atom stereocenters. The number of thiophene rings is 1. The second kappa shape index (κ2) is 5.98. The lowest BCUT2D eigenvalue weighted by Gasteiger charge is -2.19. The van der Waals surface area contributed by atoms with Crippen LogP contribution in [0.4, 0.5) is 5.69 Å². The molecule has 0 aliphatic carbocycles. The number of thiocarbonyl (C=S) groups is 1. The summed E-state index contributed by atoms with van der Waals surface area (Å²) in [5.41, 5.74) is 7.72. The molecule has 0 bridgehead atoms. The van der Waals surface area contributed by atoms with Crippen molar-refractivity contribution in [2.24, 2.45) is 5.73 Å². The van der Waals surface area contributed by atoms with Crippen molar-refractivity contribution >= 4 is 34.2 Å². The molecule has 2 N–H and O–H groups in total. The van der Waals surface area contributed by atoms with Gasteiger partial charge in [-0.25, -0.2) is 0 Å². The molecule has 0 radical (unpaired) electrons. The molecule has 0 aliphatic heterocycles. The molecule has 0 amide bonds. The van der Waals surface area contributed by atoms with E-state index < -0.39 is 0 Å². The van der Waals surface area contributed by atoms with Crippen molar-refractivity contribution in [1.82, 2.24) is 0 Å². The lowest BCUT2D eigenvalue weighted by Crippen LogP contribution is -2.20. The van der Waals surface area contributed by atoms with E-state index in [0.29, 0.717) is 4.99 Å². The zero-order valence-corrected chi connectivity index (χ0v) is 11.9. The van der Waals surface area contributed by atoms with Crippen LogP contribution in [0, 0.1) is 0 Å². The standard InChI is InChI=1S/C14H16N2S2/c1-16(8-7-13-6-3-9-18-13)12-5-2-4-11(10-12)14(15)17/h2-6,9-10H,7-8H2,1H3,(H2,15,17). The van der Waals surface area contributed by atoms with E-state index in [0.717, 1.165) is 24.2 Å². The van der Waals surface area contributed by atoms with Gasteiger partial charge in [-0.3, -0.25) is 0 Å². The van der Waals surface area contributed by atoms with Gasteiger partial charge in [-0.1, -0.05) is 30.4 Å². The molecule has 2 rings (SSSR count). The third-order valence-corrected chi connectivity index (χ3v) is 4.02. The Morgan fingerprint density at radius 1 is 1.33 bits per heavy atom. The molecule has 0 fully saturated rings. The summed E-state index contributed by atoms with van der Waals surface area (Å²) in [6, 6.07) is 12.3. The van der Waals surface area contributed by atoms with Crippen LogP contribution in [-0.4, -0.2) is 18.6 Å². The quantitative estimate of drug-likeness (QED) is 0.851. The molecule has 0 spiro atoms. The number of likely N-dealkylation sites (N-methyl/N-ethyl adjacent to an activating group) is 1. The Morgan fingerprint density at radius 3 is 2.83 bits per heavy atom. The van der Waals surface area contributed by atoms with E-state index in [1.165, 1.54) is 4.88 Å². The summed E-state index contributed by atoms with van der Waals surface area (Å²) in [5.74, 6) is 0. The van der Waals surface area contributed by atoms with Gasteiger partial charge in [0, 0.05) is 29.7 Å². The summed E-state index contributed by atoms with van der Waals surface area (Å²) in [6.45, 7) is 0.987. The first-order valence-corrected chi connectivity index (χ1v) is 7.09. The normalized spacial score (nSPS) is 10.3. The number of nitrogens with two attached hydrogens (primary N) is 1. The van der Waals surface area contributed by atoms with Crippen molar-refractivity contribution in [2.75, 3.05) is 18.5 Å². The Morgan fingerprint density at radius 2 is 2.17 bits per heavy atom. The van der Waals surface area contributed by atoms with Gasteiger partial charge in [-0.05, 0) is 30.0 Å². The molecule has 0 saturated carbocycles. The molecular weight excluding hydrogens is 260 g/mol. The second-order valence-corrected chi connectivity index (χ2v) is 5.64. The predicted octanol–water partition coefficient (Wildman–Crippen LogP) is 3.06. The molecule has 1 aromatic heterocycles. The fraction of sp³-hybridized carbons (Fsp3) is 0.214. The first-order chi connectivity index (χ1) is 8.66. The van der Waals surface area contributed by atoms with Gasteiger partial charge < -0.3 is 10.6 Å². The third kappa shape index (κ3) is 3.31. The van der Waals surface area contributed by atoms with Crippen LogP contribution in [0.1, 0.15) is 10.4 Å². The Hall–Kier alpha value is -1.39. The maximum absolute atomic E-state index is 5.65. The number of anilines is 1. The summed E-state index contributed by atoms with van der Waals surface area (Å²) in [7, 11) is 2.09. The second-order valence-electron chi connectivity index (χ2n) is 4.17. The van der Waals surface area contributed by atoms with Crippen molar-refractivity contribution in [1.29, 1.82) is 0 Å². The molecule has 0 unspecified atom stereocenters. The fourth-order valence-electron chi connectivity index (χ4n) is 1.76. The van der Waals surface area contributed by atoms with Gasteiger partial charge in [0.25, 0.3) is 0 Å². The molecule has 18 heavy (non-hydrogen) atoms. The Bertz CT molecular complexity index is 520. The highest BCUT2D eigenvalue weighted by molar-refractivity contribution is 7.80. The van der Waals surface area contributed by atoms with E-state index in [1.807, 2.05) is 18.2 Å². The minimum atomic E-state index is 0.448. The van der Waals surface area contributed by atoms with E-state index in [9.17, 15) is 0 Å². The van der Waals surface area contributed by atoms with Gasteiger partial charge in [0.1, 0.15) is 4.99 Å². The highest BCUT2D eigenvalue weighted by Gasteiger charge is 2.04. The van der Waals surface area contributed by atoms with E-state index in [2.05, 4.69) is 35.5 Å². The third-order valence-electron chi connectivity index (χ3n) is 2.85. The summed E-state index contributed by atoms with van der Waals surface area (Å²) in [5, 5.41) is 2.11. The van der Waals surface area contributed by atoms with Crippen LogP contribution in [-0.2, 0) is 6.42 Å². The number of hydrogen-bond donors (Lipinski definition) is 1. The van der Waals surface area contributed by atoms with E-state index in [4.69, 9.17) is 18.0 Å². The lowest BCUT2D eigenvalue weighted by molar-refractivity contribution is 0.887. The van der Waals surface area contributed by atoms with Crippen molar-refractivity contribution < 1.29 is 0 Å². The molecule has 1 aromatic carbocycles. The first-order valence-electron chi connectivity index (χ1n) is 5.80. The number of nitrogens with zero attached hydrogens (tertiary/aromatic N) is 1. The fourth-order valence-corrected chi connectivity index (χ4v) is 2.58. The van der Waals surface area contributed by atoms with Gasteiger partial charge in [-0.15, -0.1) is 11.3 Å². The minimum Gasteiger partial charge on any atom is -0.389 e. The summed E-state index contributed by atoms with van der Waals surface area (Å²) >= 11 is 6.80. The molecule has 0 aliphatic rings. The van der Waals surface area contributed by atoms with Gasteiger partial charge in [0.05, 0.1) is 0 Å². The molecule has 1 heterocycles. The topological polar surface area (TPSA) is 29.3 Å². The SMILES string of the molecule is CN(CCc1cccs1)c1cccc(C(N)=S)c1. The van der Waals surface area contributed by atoms with Crippen LogP contribution in [0.2, 0.25) is 0 Å². The van der Waals surface area contributed by atoms with E-state index >= 15 is 0 Å². The monoisotopic (exact) mass is 276 g/mol. The first kappa shape index (κ1) is 13.1. The van der Waals surface area contributed by atoms with Gasteiger partial charge in [-0.2, -0.15) is 0 Å². The summed E-state index contributed by atoms with van der Waals surface area (Å²) in [6.07, 6.45) is 1.06. The highest BCUT2D eigenvalue weighted by atomic mass is 32.1. The van der Waals surface area contributed by atoms with Crippen LogP contribution < -0.4 is 10.6 Å². The highest BCUT2D eigenvalue weighted by Crippen LogP contribution is 2.16. The lowest BCUT2D eigenvalue weighted by atomic mass is 10.2. The van der Waals surface area contributed by atoms with Gasteiger partial charge in [0.2, 0.25) is 0 Å². The van der Waals surface area contributed by atoms with Gasteiger partial charge >= 0.3 is 0 Å². The Labute approximate surface area is 117 Å². The molecular formula is C14H16N2S2. The number of benzene rings is 1. The molecule has 2 aromatic rings. The van der Waals surface area contributed by atoms with Crippen LogP contribution in [0.15, 0.2) is 41.8 Å². The van der Waals surface area contributed by atoms with Gasteiger partial charge in [0.15, 0.2) is 0 Å². The molecule has 4 heteroatoms. The number of rotatable bonds is 5. The predicted molar refractivity (Wildman–Crippen MR) is 83.6 cm³/mol. The minimum absolute atomic E-state index is 0.448. The van der Waals surface area contributed by atoms with E-state index in [-0.39, 0.29) is 0 Å². The zero-order chi connectivity index (χ0) is 13.0. The summed E-state index contributed by atoms with van der Waals surface area (Å²) in [4.78, 5) is 4.08. The van der Waals surface area contributed by atoms with Crippen molar-refractivity contribution in [3.8, 4) is 0 Å². The van der Waals surface area contributed by atoms with Crippen LogP contribution in [0.5, 0.6) is 0 Å². The van der Waals surface area contributed by atoms with Crippen LogP contribution in [0.25, 0.3) is 0 Å². The number of hydrogen-bond acceptors (Lipinski definition) is 3. The molecule has 0 saturated heterocycles. The molecule has 2 nitrogen and oxygen atoms in total. The van der Waals surface area contributed by atoms with Crippen LogP contribution in [0.3, 0.4) is 0 Å². The maximum Gasteiger partial charge on any atom is 0.104 e. The Kier molecular flexibility index (Phi) is 4.33. The van der Waals surface area contributed by atoms with Crippen molar-refractivity contribution in [3.63, 3.8) is 0 Å². The largest absolute Gasteiger partial charge is 0.389 e. The van der Waals surface area contributed by atoms with Crippen molar-refractivity contribution in [2.45, 2.75) is 6.42 Å². The maximum atomic E-state index is 5.65. The zero-order valence-electron chi connectivity index (χ0n) is 10.3. The summed E-state index contributed by atoms with van der Waals surface area (Å²) < 4.78 is 0. The van der Waals surface area contributed by atoms with Crippen LogP contribution >= 0.6 is 23.6 Å². The van der Waals surface area contributed by atoms with E-state index in [1.54, 1.807) is 11.3 Å². The van der Waals surface area contributed by atoms with Crippen molar-refractivity contribution in [3.05, 3.63) is 52.2 Å². The Balaban J connectivity index is 2.02. The molecule has 94 valence electrons. The average molecular weight is 276 g/mol.